The van der Waals surface area contributed by atoms with E-state index in [1.165, 1.54) is 10.7 Å². The lowest BCUT2D eigenvalue weighted by atomic mass is 10.2. The van der Waals surface area contributed by atoms with Gasteiger partial charge in [-0.25, -0.2) is 13.9 Å². The van der Waals surface area contributed by atoms with E-state index in [1.807, 2.05) is 30.3 Å². The molecule has 0 bridgehead atoms. The Labute approximate surface area is 143 Å². The minimum atomic E-state index is -1.11. The Morgan fingerprint density at radius 2 is 2.12 bits per heavy atom. The smallest absolute Gasteiger partial charge is 0.345 e. The van der Waals surface area contributed by atoms with E-state index in [4.69, 9.17) is 16.7 Å². The van der Waals surface area contributed by atoms with Gasteiger partial charge < -0.3 is 10.1 Å². The topological polar surface area (TPSA) is 70.9 Å². The maximum Gasteiger partial charge on any atom is 0.345 e. The number of thiophene rings is 1. The van der Waals surface area contributed by atoms with Crippen LogP contribution in [0.2, 0.25) is 4.34 Å². The van der Waals surface area contributed by atoms with Crippen LogP contribution >= 0.6 is 22.9 Å². The number of H-pyrrole nitrogens is 1. The number of halogens is 2. The fourth-order valence-electron chi connectivity index (χ4n) is 2.56. The van der Waals surface area contributed by atoms with E-state index in [1.54, 1.807) is 0 Å². The molecule has 0 saturated carbocycles. The molecule has 8 heteroatoms. The van der Waals surface area contributed by atoms with Gasteiger partial charge in [0.15, 0.2) is 5.82 Å². The average molecular weight is 362 g/mol. The summed E-state index contributed by atoms with van der Waals surface area (Å²) >= 11 is 7.01. The van der Waals surface area contributed by atoms with Gasteiger partial charge in [0.25, 0.3) is 0 Å². The lowest BCUT2D eigenvalue weighted by molar-refractivity contribution is 0.0702. The van der Waals surface area contributed by atoms with Crippen molar-refractivity contribution in [2.75, 3.05) is 0 Å². The molecule has 0 spiro atoms. The lowest BCUT2D eigenvalue weighted by Crippen LogP contribution is -1.99. The van der Waals surface area contributed by atoms with Crippen LogP contribution in [-0.2, 0) is 0 Å². The first kappa shape index (κ1) is 14.9. The van der Waals surface area contributed by atoms with Gasteiger partial charge in [-0.3, -0.25) is 0 Å². The quantitative estimate of drug-likeness (QED) is 0.561. The summed E-state index contributed by atoms with van der Waals surface area (Å²) in [5.41, 5.74) is 1.31. The van der Waals surface area contributed by atoms with E-state index in [9.17, 15) is 9.18 Å². The zero-order valence-corrected chi connectivity index (χ0v) is 13.5. The molecule has 1 aromatic carbocycles. The van der Waals surface area contributed by atoms with Crippen molar-refractivity contribution in [3.8, 4) is 17.1 Å². The van der Waals surface area contributed by atoms with E-state index in [2.05, 4.69) is 10.1 Å². The molecule has 0 aliphatic carbocycles. The number of benzene rings is 1. The number of aromatic amines is 1. The summed E-state index contributed by atoms with van der Waals surface area (Å²) < 4.78 is 15.9. The molecule has 3 aromatic heterocycles. The van der Waals surface area contributed by atoms with Crippen LogP contribution in [0.4, 0.5) is 4.39 Å². The largest absolute Gasteiger partial charge is 0.477 e. The van der Waals surface area contributed by atoms with Gasteiger partial charge in [-0.15, -0.1) is 11.3 Å². The number of fused-ring (bicyclic) bond motifs is 1. The number of hydrogen-bond acceptors (Lipinski definition) is 3. The number of rotatable bonds is 3. The van der Waals surface area contributed by atoms with Crippen molar-refractivity contribution in [3.05, 3.63) is 57.6 Å². The number of carbonyl (C=O) groups is 1. The number of para-hydroxylation sites is 1. The van der Waals surface area contributed by atoms with Gasteiger partial charge in [-0.2, -0.15) is 5.10 Å². The molecule has 0 aliphatic heterocycles. The van der Waals surface area contributed by atoms with Gasteiger partial charge in [-0.05, 0) is 18.2 Å². The molecule has 2 N–H and O–H groups in total. The van der Waals surface area contributed by atoms with Crippen LogP contribution in [0.3, 0.4) is 0 Å². The Morgan fingerprint density at radius 3 is 2.83 bits per heavy atom. The molecule has 24 heavy (non-hydrogen) atoms. The number of nitrogens with one attached hydrogen (secondary N) is 1. The molecule has 4 rings (SSSR count). The van der Waals surface area contributed by atoms with Gasteiger partial charge in [0.05, 0.1) is 6.20 Å². The van der Waals surface area contributed by atoms with Gasteiger partial charge >= 0.3 is 5.97 Å². The highest BCUT2D eigenvalue weighted by molar-refractivity contribution is 7.18. The Morgan fingerprint density at radius 1 is 1.33 bits per heavy atom. The molecule has 5 nitrogen and oxygen atoms in total. The van der Waals surface area contributed by atoms with Crippen LogP contribution in [0.5, 0.6) is 0 Å². The monoisotopic (exact) mass is 361 g/mol. The zero-order valence-electron chi connectivity index (χ0n) is 12.0. The summed E-state index contributed by atoms with van der Waals surface area (Å²) in [5, 5.41) is 14.1. The van der Waals surface area contributed by atoms with E-state index in [0.717, 1.165) is 28.4 Å². The summed E-state index contributed by atoms with van der Waals surface area (Å²) in [6, 6.07) is 10.8. The summed E-state index contributed by atoms with van der Waals surface area (Å²) in [6.07, 6.45) is 1.08. The third-order valence-corrected chi connectivity index (χ3v) is 4.97. The molecule has 0 aliphatic rings. The number of nitrogens with zero attached hydrogens (tertiary/aromatic N) is 2. The summed E-state index contributed by atoms with van der Waals surface area (Å²) in [5.74, 6) is -1.12. The Balaban J connectivity index is 1.92. The molecule has 0 atom stereocenters. The zero-order chi connectivity index (χ0) is 16.8. The highest BCUT2D eigenvalue weighted by Crippen LogP contribution is 2.38. The van der Waals surface area contributed by atoms with Crippen LogP contribution in [0.1, 0.15) is 9.67 Å². The van der Waals surface area contributed by atoms with Crippen LogP contribution in [0, 0.1) is 5.82 Å². The van der Waals surface area contributed by atoms with Crippen molar-refractivity contribution in [3.63, 3.8) is 0 Å². The second kappa shape index (κ2) is 5.47. The number of carboxylic acid groups (broad SMARTS) is 1. The predicted molar refractivity (Wildman–Crippen MR) is 90.7 cm³/mol. The van der Waals surface area contributed by atoms with Crippen molar-refractivity contribution in [2.24, 2.45) is 0 Å². The average Bonchev–Trinajstić information content (AvgIpc) is 3.23. The van der Waals surface area contributed by atoms with Gasteiger partial charge in [0, 0.05) is 16.5 Å². The highest BCUT2D eigenvalue weighted by atomic mass is 35.5. The van der Waals surface area contributed by atoms with Gasteiger partial charge in [-0.1, -0.05) is 29.8 Å². The van der Waals surface area contributed by atoms with Crippen LogP contribution < -0.4 is 0 Å². The van der Waals surface area contributed by atoms with Crippen molar-refractivity contribution >= 4 is 39.8 Å². The third-order valence-electron chi connectivity index (χ3n) is 3.62. The fourth-order valence-corrected chi connectivity index (χ4v) is 3.68. The molecule has 4 aromatic rings. The Hall–Kier alpha value is -2.64. The third kappa shape index (κ3) is 2.29. The number of hydrogen-bond donors (Lipinski definition) is 2. The number of aromatic carboxylic acids is 1. The van der Waals surface area contributed by atoms with Crippen LogP contribution in [0.15, 0.2) is 42.6 Å². The second-order valence-electron chi connectivity index (χ2n) is 5.10. The van der Waals surface area contributed by atoms with Crippen molar-refractivity contribution < 1.29 is 14.3 Å². The highest BCUT2D eigenvalue weighted by Gasteiger charge is 2.22. The van der Waals surface area contributed by atoms with E-state index < -0.39 is 11.8 Å². The summed E-state index contributed by atoms with van der Waals surface area (Å²) in [6.45, 7) is 0. The maximum atomic E-state index is 14.3. The van der Waals surface area contributed by atoms with Crippen LogP contribution in [-0.4, -0.2) is 25.8 Å². The standard InChI is InChI=1S/C16H9ClFN3O2S/c17-15-9(6-12(24-15)16(22)23)14-10(18)7-19-21(14)13-5-8-3-1-2-4-11(8)20-13/h1-7,20H,(H,22,23). The molecule has 3 heterocycles. The van der Waals surface area contributed by atoms with Crippen LogP contribution in [0.25, 0.3) is 28.0 Å². The SMILES string of the molecule is O=C(O)c1cc(-c2c(F)cnn2-c2cc3ccccc3[nH]2)c(Cl)s1. The minimum Gasteiger partial charge on any atom is -0.477 e. The molecular formula is C16H9ClFN3O2S. The summed E-state index contributed by atoms with van der Waals surface area (Å²) in [7, 11) is 0. The van der Waals surface area contributed by atoms with Gasteiger partial charge in [0.2, 0.25) is 0 Å². The first-order valence-electron chi connectivity index (χ1n) is 6.89. The lowest BCUT2D eigenvalue weighted by Gasteiger charge is -2.04. The predicted octanol–water partition coefficient (Wildman–Crippen LogP) is 4.57. The fraction of sp³-hybridized carbons (Fsp3) is 0. The van der Waals surface area contributed by atoms with Crippen molar-refractivity contribution in [1.29, 1.82) is 0 Å². The minimum absolute atomic E-state index is 0.0406. The molecule has 0 fully saturated rings. The van der Waals surface area contributed by atoms with E-state index in [0.29, 0.717) is 11.4 Å². The molecule has 0 unspecified atom stereocenters. The molecular weight excluding hydrogens is 353 g/mol. The number of carboxylic acids is 1. The maximum absolute atomic E-state index is 14.3. The first-order chi connectivity index (χ1) is 11.5. The molecule has 0 saturated heterocycles. The molecule has 120 valence electrons. The normalized spacial score (nSPS) is 11.2. The van der Waals surface area contributed by atoms with Crippen molar-refractivity contribution in [1.82, 2.24) is 14.8 Å². The molecule has 0 radical (unpaired) electrons. The van der Waals surface area contributed by atoms with Gasteiger partial charge in [0.1, 0.15) is 20.7 Å². The molecule has 0 amide bonds. The second-order valence-corrected chi connectivity index (χ2v) is 6.75. The number of aromatic nitrogens is 3. The summed E-state index contributed by atoms with van der Waals surface area (Å²) in [4.78, 5) is 14.3. The van der Waals surface area contributed by atoms with E-state index >= 15 is 0 Å². The Kier molecular flexibility index (Phi) is 3.40. The first-order valence-corrected chi connectivity index (χ1v) is 8.08. The Bertz CT molecular complexity index is 1050. The van der Waals surface area contributed by atoms with E-state index in [-0.39, 0.29) is 14.9 Å². The van der Waals surface area contributed by atoms with Crippen molar-refractivity contribution in [2.45, 2.75) is 0 Å².